The molecular weight excluding hydrogens is 328 g/mol. The molecule has 1 aromatic heterocycles. The topological polar surface area (TPSA) is 85.3 Å². The molecule has 2 aromatic carbocycles. The fourth-order valence-corrected chi connectivity index (χ4v) is 3.27. The molecule has 0 unspecified atom stereocenters. The van der Waals surface area contributed by atoms with Crippen LogP contribution < -0.4 is 16.7 Å². The number of amides is 1. The summed E-state index contributed by atoms with van der Waals surface area (Å²) in [6, 6.07) is 13.5. The van der Waals surface area contributed by atoms with Crippen molar-refractivity contribution in [3.05, 3.63) is 69.6 Å². The number of nitrogens with two attached hydrogens (primary N) is 1. The van der Waals surface area contributed by atoms with Gasteiger partial charge >= 0.3 is 5.63 Å². The zero-order chi connectivity index (χ0) is 18.7. The molecule has 0 radical (unpaired) electrons. The Morgan fingerprint density at radius 1 is 1.15 bits per heavy atom. The zero-order valence-corrected chi connectivity index (χ0v) is 15.0. The van der Waals surface area contributed by atoms with Crippen LogP contribution in [0.3, 0.4) is 0 Å². The number of benzene rings is 2. The average Bonchev–Trinajstić information content (AvgIpc) is 2.62. The van der Waals surface area contributed by atoms with Crippen LogP contribution in [0.25, 0.3) is 22.1 Å². The largest absolute Gasteiger partial charge is 0.422 e. The second-order valence-corrected chi connectivity index (χ2v) is 6.27. The Balaban J connectivity index is 2.33. The Morgan fingerprint density at radius 2 is 1.88 bits per heavy atom. The molecule has 26 heavy (non-hydrogen) atoms. The van der Waals surface area contributed by atoms with Gasteiger partial charge in [-0.2, -0.15) is 0 Å². The molecule has 0 saturated carbocycles. The summed E-state index contributed by atoms with van der Waals surface area (Å²) >= 11 is 0. The third-order valence-corrected chi connectivity index (χ3v) is 4.40. The molecule has 0 aliphatic carbocycles. The molecule has 134 valence electrons. The number of hydrogen-bond donors (Lipinski definition) is 2. The summed E-state index contributed by atoms with van der Waals surface area (Å²) in [5.41, 5.74) is 8.61. The van der Waals surface area contributed by atoms with Gasteiger partial charge in [-0.15, -0.1) is 0 Å². The van der Waals surface area contributed by atoms with Crippen molar-refractivity contribution in [2.75, 3.05) is 7.05 Å². The van der Waals surface area contributed by atoms with Gasteiger partial charge < -0.3 is 15.5 Å². The van der Waals surface area contributed by atoms with Crippen LogP contribution in [-0.4, -0.2) is 13.0 Å². The van der Waals surface area contributed by atoms with E-state index in [9.17, 15) is 9.59 Å². The summed E-state index contributed by atoms with van der Waals surface area (Å²) in [7, 11) is 1.88. The van der Waals surface area contributed by atoms with E-state index >= 15 is 0 Å². The number of hydrogen-bond acceptors (Lipinski definition) is 4. The molecule has 0 spiro atoms. The van der Waals surface area contributed by atoms with Gasteiger partial charge in [0.25, 0.3) is 5.91 Å². The monoisotopic (exact) mass is 350 g/mol. The standard InChI is InChI=1S/C21H22N2O3/c1-3-5-15-6-4-7-16-17(14-10-8-13(9-11-14)12-23-2)18(20(22)24)21(25)26-19(15)16/h4,6-11,23H,3,5,12H2,1-2H3,(H2,22,24). The highest BCUT2D eigenvalue weighted by Gasteiger charge is 2.21. The van der Waals surface area contributed by atoms with Gasteiger partial charge in [-0.25, -0.2) is 4.79 Å². The second kappa shape index (κ2) is 7.54. The number of carbonyl (C=O) groups excluding carboxylic acids is 1. The molecule has 0 aliphatic rings. The number of aryl methyl sites for hydroxylation is 1. The van der Waals surface area contributed by atoms with Gasteiger partial charge in [-0.05, 0) is 30.2 Å². The van der Waals surface area contributed by atoms with Gasteiger partial charge in [-0.1, -0.05) is 55.8 Å². The lowest BCUT2D eigenvalue weighted by Gasteiger charge is -2.12. The van der Waals surface area contributed by atoms with Gasteiger partial charge in [0.1, 0.15) is 11.1 Å². The fourth-order valence-electron chi connectivity index (χ4n) is 3.27. The van der Waals surface area contributed by atoms with E-state index in [1.807, 2.05) is 49.5 Å². The maximum Gasteiger partial charge on any atom is 0.349 e. The summed E-state index contributed by atoms with van der Waals surface area (Å²) in [4.78, 5) is 24.5. The summed E-state index contributed by atoms with van der Waals surface area (Å²) in [6.07, 6.45) is 1.71. The first-order chi connectivity index (χ1) is 12.6. The number of para-hydroxylation sites is 1. The molecular formula is C21H22N2O3. The van der Waals surface area contributed by atoms with Crippen molar-refractivity contribution in [2.24, 2.45) is 5.73 Å². The van der Waals surface area contributed by atoms with Gasteiger partial charge in [0.2, 0.25) is 0 Å². The lowest BCUT2D eigenvalue weighted by molar-refractivity contribution is 0.0997. The Hall–Kier alpha value is -2.92. The smallest absolute Gasteiger partial charge is 0.349 e. The maximum absolute atomic E-state index is 12.5. The van der Waals surface area contributed by atoms with Crippen LogP contribution in [0, 0.1) is 0 Å². The van der Waals surface area contributed by atoms with Crippen LogP contribution in [0.1, 0.15) is 34.8 Å². The lowest BCUT2D eigenvalue weighted by Crippen LogP contribution is -2.22. The molecule has 0 atom stereocenters. The quantitative estimate of drug-likeness (QED) is 0.668. The highest BCUT2D eigenvalue weighted by molar-refractivity contribution is 6.07. The third kappa shape index (κ3) is 3.26. The summed E-state index contributed by atoms with van der Waals surface area (Å²) in [6.45, 7) is 2.80. The fraction of sp³-hybridized carbons (Fsp3) is 0.238. The molecule has 0 saturated heterocycles. The van der Waals surface area contributed by atoms with Crippen molar-refractivity contribution in [2.45, 2.75) is 26.3 Å². The van der Waals surface area contributed by atoms with E-state index in [1.165, 1.54) is 0 Å². The molecule has 3 N–H and O–H groups in total. The molecule has 0 aliphatic heterocycles. The summed E-state index contributed by atoms with van der Waals surface area (Å²) in [5, 5.41) is 3.82. The molecule has 1 amide bonds. The second-order valence-electron chi connectivity index (χ2n) is 6.27. The van der Waals surface area contributed by atoms with E-state index in [4.69, 9.17) is 10.2 Å². The van der Waals surface area contributed by atoms with Crippen molar-refractivity contribution in [1.82, 2.24) is 5.32 Å². The average molecular weight is 350 g/mol. The van der Waals surface area contributed by atoms with Crippen LogP contribution in [-0.2, 0) is 13.0 Å². The highest BCUT2D eigenvalue weighted by atomic mass is 16.4. The van der Waals surface area contributed by atoms with Crippen molar-refractivity contribution in [3.63, 3.8) is 0 Å². The van der Waals surface area contributed by atoms with E-state index in [0.29, 0.717) is 11.1 Å². The van der Waals surface area contributed by atoms with Gasteiger partial charge in [0, 0.05) is 17.5 Å². The van der Waals surface area contributed by atoms with Crippen molar-refractivity contribution < 1.29 is 9.21 Å². The summed E-state index contributed by atoms with van der Waals surface area (Å²) < 4.78 is 5.50. The third-order valence-electron chi connectivity index (χ3n) is 4.40. The van der Waals surface area contributed by atoms with Crippen molar-refractivity contribution in [3.8, 4) is 11.1 Å². The minimum absolute atomic E-state index is 0.104. The number of fused-ring (bicyclic) bond motifs is 1. The van der Waals surface area contributed by atoms with E-state index in [0.717, 1.165) is 41.5 Å². The minimum Gasteiger partial charge on any atom is -0.422 e. The zero-order valence-electron chi connectivity index (χ0n) is 15.0. The highest BCUT2D eigenvalue weighted by Crippen LogP contribution is 2.32. The molecule has 3 rings (SSSR count). The lowest BCUT2D eigenvalue weighted by atomic mass is 9.94. The Morgan fingerprint density at radius 3 is 2.50 bits per heavy atom. The Bertz CT molecular complexity index is 1000. The van der Waals surface area contributed by atoms with Gasteiger partial charge in [-0.3, -0.25) is 4.79 Å². The molecule has 0 fully saturated rings. The number of nitrogens with one attached hydrogen (secondary N) is 1. The first-order valence-corrected chi connectivity index (χ1v) is 8.69. The van der Waals surface area contributed by atoms with Crippen LogP contribution in [0.4, 0.5) is 0 Å². The number of carbonyl (C=O) groups is 1. The van der Waals surface area contributed by atoms with Crippen molar-refractivity contribution >= 4 is 16.9 Å². The molecule has 1 heterocycles. The summed E-state index contributed by atoms with van der Waals surface area (Å²) in [5.74, 6) is -0.782. The van der Waals surface area contributed by atoms with Crippen LogP contribution in [0.15, 0.2) is 51.7 Å². The first kappa shape index (κ1) is 17.9. The SMILES string of the molecule is CCCc1cccc2c(-c3ccc(CNC)cc3)c(C(N)=O)c(=O)oc12. The van der Waals surface area contributed by atoms with Crippen molar-refractivity contribution in [1.29, 1.82) is 0 Å². The number of primary amides is 1. The van der Waals surface area contributed by atoms with E-state index in [-0.39, 0.29) is 5.56 Å². The van der Waals surface area contributed by atoms with E-state index in [1.54, 1.807) is 0 Å². The molecule has 0 bridgehead atoms. The van der Waals surface area contributed by atoms with E-state index in [2.05, 4.69) is 12.2 Å². The van der Waals surface area contributed by atoms with Crippen LogP contribution in [0.2, 0.25) is 0 Å². The normalized spacial score (nSPS) is 11.0. The Labute approximate surface area is 151 Å². The van der Waals surface area contributed by atoms with E-state index < -0.39 is 11.5 Å². The van der Waals surface area contributed by atoms with Gasteiger partial charge in [0.15, 0.2) is 0 Å². The predicted octanol–water partition coefficient (Wildman–Crippen LogP) is 3.23. The molecule has 3 aromatic rings. The predicted molar refractivity (Wildman–Crippen MR) is 103 cm³/mol. The molecule has 5 heteroatoms. The van der Waals surface area contributed by atoms with Crippen LogP contribution in [0.5, 0.6) is 0 Å². The minimum atomic E-state index is -0.782. The maximum atomic E-state index is 12.5. The Kier molecular flexibility index (Phi) is 5.19. The first-order valence-electron chi connectivity index (χ1n) is 8.69. The molecule has 5 nitrogen and oxygen atoms in total. The van der Waals surface area contributed by atoms with Crippen LogP contribution >= 0.6 is 0 Å². The van der Waals surface area contributed by atoms with Gasteiger partial charge in [0.05, 0.1) is 0 Å². The number of rotatable bonds is 6.